The van der Waals surface area contributed by atoms with E-state index in [4.69, 9.17) is 0 Å². The van der Waals surface area contributed by atoms with Gasteiger partial charge < -0.3 is 5.32 Å². The lowest BCUT2D eigenvalue weighted by atomic mass is 10.2. The molecule has 2 aromatic rings. The van der Waals surface area contributed by atoms with Crippen molar-refractivity contribution in [1.29, 1.82) is 0 Å². The van der Waals surface area contributed by atoms with Gasteiger partial charge in [0.05, 0.1) is 12.7 Å². The van der Waals surface area contributed by atoms with Crippen LogP contribution in [0.15, 0.2) is 47.6 Å². The van der Waals surface area contributed by atoms with E-state index in [9.17, 15) is 13.2 Å². The summed E-state index contributed by atoms with van der Waals surface area (Å²) >= 11 is 0. The maximum absolute atomic E-state index is 12.8. The van der Waals surface area contributed by atoms with Crippen LogP contribution < -0.4 is 5.32 Å². The topological polar surface area (TPSA) is 84.3 Å². The van der Waals surface area contributed by atoms with E-state index in [-0.39, 0.29) is 10.8 Å². The fourth-order valence-electron chi connectivity index (χ4n) is 2.93. The van der Waals surface area contributed by atoms with Crippen LogP contribution in [0.5, 0.6) is 0 Å². The lowest BCUT2D eigenvalue weighted by Crippen LogP contribution is -2.44. The van der Waals surface area contributed by atoms with Crippen molar-refractivity contribution in [1.82, 2.24) is 19.4 Å². The van der Waals surface area contributed by atoms with Crippen LogP contribution in [0.1, 0.15) is 18.4 Å². The van der Waals surface area contributed by atoms with E-state index < -0.39 is 16.1 Å². The minimum atomic E-state index is -3.73. The molecular weight excluding hydrogens is 328 g/mol. The molecule has 1 atom stereocenters. The van der Waals surface area contributed by atoms with Crippen molar-refractivity contribution in [2.75, 3.05) is 13.6 Å². The van der Waals surface area contributed by atoms with Crippen LogP contribution in [0.2, 0.25) is 0 Å². The quantitative estimate of drug-likeness (QED) is 0.867. The SMILES string of the molecule is CNC(=O)C1CCCN1S(=O)(=O)c1cnn(Cc2ccccc2)c1. The number of hydrogen-bond donors (Lipinski definition) is 1. The fraction of sp³-hybridized carbons (Fsp3) is 0.375. The molecule has 3 rings (SSSR count). The lowest BCUT2D eigenvalue weighted by molar-refractivity contribution is -0.123. The predicted molar refractivity (Wildman–Crippen MR) is 88.8 cm³/mol. The molecule has 1 saturated heterocycles. The number of carbonyl (C=O) groups is 1. The molecule has 1 aliphatic rings. The molecule has 1 N–H and O–H groups in total. The van der Waals surface area contributed by atoms with Gasteiger partial charge in [-0.05, 0) is 18.4 Å². The molecule has 1 aromatic heterocycles. The van der Waals surface area contributed by atoms with E-state index in [0.717, 1.165) is 5.56 Å². The van der Waals surface area contributed by atoms with Crippen LogP contribution in [-0.4, -0.2) is 48.0 Å². The van der Waals surface area contributed by atoms with Crippen molar-refractivity contribution in [2.24, 2.45) is 0 Å². The van der Waals surface area contributed by atoms with Gasteiger partial charge in [0, 0.05) is 19.8 Å². The van der Waals surface area contributed by atoms with Gasteiger partial charge in [0.15, 0.2) is 0 Å². The molecule has 1 unspecified atom stereocenters. The summed E-state index contributed by atoms with van der Waals surface area (Å²) in [6, 6.07) is 9.05. The molecule has 1 amide bonds. The number of nitrogens with one attached hydrogen (secondary N) is 1. The molecule has 0 aliphatic carbocycles. The molecule has 1 aliphatic heterocycles. The Kier molecular flexibility index (Phi) is 4.68. The highest BCUT2D eigenvalue weighted by Gasteiger charge is 2.39. The number of benzene rings is 1. The Hall–Kier alpha value is -2.19. The Morgan fingerprint density at radius 2 is 2.08 bits per heavy atom. The van der Waals surface area contributed by atoms with Crippen LogP contribution in [0.4, 0.5) is 0 Å². The van der Waals surface area contributed by atoms with Gasteiger partial charge in [0.25, 0.3) is 0 Å². The summed E-state index contributed by atoms with van der Waals surface area (Å²) in [5.74, 6) is -0.271. The number of aromatic nitrogens is 2. The normalized spacial score (nSPS) is 18.6. The highest BCUT2D eigenvalue weighted by Crippen LogP contribution is 2.26. The van der Waals surface area contributed by atoms with E-state index in [1.165, 1.54) is 23.7 Å². The summed E-state index contributed by atoms with van der Waals surface area (Å²) in [6.45, 7) is 0.847. The highest BCUT2D eigenvalue weighted by molar-refractivity contribution is 7.89. The van der Waals surface area contributed by atoms with Crippen LogP contribution in [-0.2, 0) is 21.4 Å². The summed E-state index contributed by atoms with van der Waals surface area (Å²) in [5, 5.41) is 6.68. The number of likely N-dealkylation sites (N-methyl/N-ethyl adjacent to an activating group) is 1. The van der Waals surface area contributed by atoms with E-state index in [0.29, 0.717) is 25.9 Å². The number of carbonyl (C=O) groups excluding carboxylic acids is 1. The minimum Gasteiger partial charge on any atom is -0.358 e. The van der Waals surface area contributed by atoms with Gasteiger partial charge in [0.2, 0.25) is 15.9 Å². The van der Waals surface area contributed by atoms with Gasteiger partial charge in [-0.2, -0.15) is 9.40 Å². The first-order chi connectivity index (χ1) is 11.5. The summed E-state index contributed by atoms with van der Waals surface area (Å²) < 4.78 is 28.5. The third-order valence-electron chi connectivity index (χ3n) is 4.16. The zero-order chi connectivity index (χ0) is 17.2. The number of rotatable bonds is 5. The molecule has 0 spiro atoms. The van der Waals surface area contributed by atoms with E-state index in [1.54, 1.807) is 4.68 Å². The van der Waals surface area contributed by atoms with E-state index in [1.807, 2.05) is 30.3 Å². The van der Waals surface area contributed by atoms with Crippen molar-refractivity contribution in [3.63, 3.8) is 0 Å². The van der Waals surface area contributed by atoms with Crippen LogP contribution in [0, 0.1) is 0 Å². The van der Waals surface area contributed by atoms with Crippen molar-refractivity contribution in [3.8, 4) is 0 Å². The van der Waals surface area contributed by atoms with Crippen molar-refractivity contribution in [2.45, 2.75) is 30.3 Å². The second kappa shape index (κ2) is 6.74. The largest absolute Gasteiger partial charge is 0.358 e. The number of sulfonamides is 1. The van der Waals surface area contributed by atoms with Crippen molar-refractivity contribution in [3.05, 3.63) is 48.3 Å². The molecule has 0 saturated carbocycles. The number of hydrogen-bond acceptors (Lipinski definition) is 4. The zero-order valence-corrected chi connectivity index (χ0v) is 14.2. The fourth-order valence-corrected chi connectivity index (χ4v) is 4.54. The Labute approximate surface area is 141 Å². The number of amides is 1. The lowest BCUT2D eigenvalue weighted by Gasteiger charge is -2.21. The molecule has 2 heterocycles. The summed E-state index contributed by atoms with van der Waals surface area (Å²) in [6.07, 6.45) is 4.07. The second-order valence-electron chi connectivity index (χ2n) is 5.75. The van der Waals surface area contributed by atoms with E-state index >= 15 is 0 Å². The maximum atomic E-state index is 12.8. The smallest absolute Gasteiger partial charge is 0.246 e. The van der Waals surface area contributed by atoms with Crippen molar-refractivity contribution < 1.29 is 13.2 Å². The minimum absolute atomic E-state index is 0.120. The average Bonchev–Trinajstić information content (AvgIpc) is 3.25. The molecule has 128 valence electrons. The molecule has 8 heteroatoms. The Morgan fingerprint density at radius 1 is 1.33 bits per heavy atom. The van der Waals surface area contributed by atoms with Crippen molar-refractivity contribution >= 4 is 15.9 Å². The molecule has 0 radical (unpaired) electrons. The summed E-state index contributed by atoms with van der Waals surface area (Å²) in [5.41, 5.74) is 1.04. The second-order valence-corrected chi connectivity index (χ2v) is 7.64. The third-order valence-corrected chi connectivity index (χ3v) is 6.02. The Bertz CT molecular complexity index is 817. The first kappa shape index (κ1) is 16.7. The van der Waals surface area contributed by atoms with Gasteiger partial charge in [0.1, 0.15) is 10.9 Å². The molecule has 7 nitrogen and oxygen atoms in total. The summed E-state index contributed by atoms with van der Waals surface area (Å²) in [4.78, 5) is 12.0. The van der Waals surface area contributed by atoms with Gasteiger partial charge in [-0.1, -0.05) is 30.3 Å². The maximum Gasteiger partial charge on any atom is 0.246 e. The highest BCUT2D eigenvalue weighted by atomic mass is 32.2. The number of nitrogens with zero attached hydrogens (tertiary/aromatic N) is 3. The average molecular weight is 348 g/mol. The molecular formula is C16H20N4O3S. The molecule has 1 aromatic carbocycles. The third kappa shape index (κ3) is 3.20. The zero-order valence-electron chi connectivity index (χ0n) is 13.4. The monoisotopic (exact) mass is 348 g/mol. The van der Waals surface area contributed by atoms with Gasteiger partial charge in [-0.15, -0.1) is 0 Å². The summed E-state index contributed by atoms with van der Waals surface area (Å²) in [7, 11) is -2.21. The van der Waals surface area contributed by atoms with Crippen LogP contribution in [0.25, 0.3) is 0 Å². The first-order valence-electron chi connectivity index (χ1n) is 7.82. The van der Waals surface area contributed by atoms with E-state index in [2.05, 4.69) is 10.4 Å². The van der Waals surface area contributed by atoms with Gasteiger partial charge in [-0.3, -0.25) is 9.48 Å². The van der Waals surface area contributed by atoms with Gasteiger partial charge in [-0.25, -0.2) is 8.42 Å². The molecule has 24 heavy (non-hydrogen) atoms. The van der Waals surface area contributed by atoms with Gasteiger partial charge >= 0.3 is 0 Å². The molecule has 0 bridgehead atoms. The van der Waals surface area contributed by atoms with Crippen LogP contribution >= 0.6 is 0 Å². The Morgan fingerprint density at radius 3 is 2.79 bits per heavy atom. The Balaban J connectivity index is 1.82. The molecule has 1 fully saturated rings. The standard InChI is InChI=1S/C16H20N4O3S/c1-17-16(21)15-8-5-9-20(15)24(22,23)14-10-18-19(12-14)11-13-6-3-2-4-7-13/h2-4,6-7,10,12,15H,5,8-9,11H2,1H3,(H,17,21). The first-order valence-corrected chi connectivity index (χ1v) is 9.26. The van der Waals surface area contributed by atoms with Crippen LogP contribution in [0.3, 0.4) is 0 Å². The predicted octanol–water partition coefficient (Wildman–Crippen LogP) is 0.831.